The average molecular weight is 457 g/mol. The molecule has 0 aliphatic carbocycles. The number of rotatable bonds is 6. The molecule has 0 amide bonds. The second-order valence-corrected chi connectivity index (χ2v) is 8.10. The summed E-state index contributed by atoms with van der Waals surface area (Å²) < 4.78 is 12.8. The van der Waals surface area contributed by atoms with Crippen molar-refractivity contribution in [1.29, 1.82) is 5.26 Å². The highest BCUT2D eigenvalue weighted by atomic mass is 16.5. The van der Waals surface area contributed by atoms with Crippen LogP contribution in [0.5, 0.6) is 11.6 Å². The van der Waals surface area contributed by atoms with E-state index in [0.29, 0.717) is 29.2 Å². The van der Waals surface area contributed by atoms with Crippen LogP contribution in [0.15, 0.2) is 53.5 Å². The second-order valence-electron chi connectivity index (χ2n) is 8.10. The van der Waals surface area contributed by atoms with Crippen molar-refractivity contribution in [2.24, 2.45) is 0 Å². The Bertz CT molecular complexity index is 1430. The average Bonchev–Trinajstić information content (AvgIpc) is 3.52. The van der Waals surface area contributed by atoms with E-state index in [-0.39, 0.29) is 17.5 Å². The van der Waals surface area contributed by atoms with Crippen LogP contribution in [-0.2, 0) is 6.54 Å². The van der Waals surface area contributed by atoms with E-state index < -0.39 is 0 Å². The van der Waals surface area contributed by atoms with Gasteiger partial charge in [0.05, 0.1) is 19.2 Å². The van der Waals surface area contributed by atoms with Crippen molar-refractivity contribution in [3.8, 4) is 29.0 Å². The molecule has 1 fully saturated rings. The van der Waals surface area contributed by atoms with Gasteiger partial charge in [-0.2, -0.15) is 5.26 Å². The van der Waals surface area contributed by atoms with Crippen LogP contribution in [0.3, 0.4) is 0 Å². The van der Waals surface area contributed by atoms with Gasteiger partial charge in [0.15, 0.2) is 0 Å². The molecule has 0 bridgehead atoms. The number of aromatic nitrogens is 4. The third-order valence-corrected chi connectivity index (χ3v) is 6.05. The van der Waals surface area contributed by atoms with Crippen molar-refractivity contribution in [3.05, 3.63) is 64.8 Å². The highest BCUT2D eigenvalue weighted by Gasteiger charge is 2.25. The fraction of sp³-hybridized carbons (Fsp3) is 0.280. The minimum Gasteiger partial charge on any atom is -0.497 e. The van der Waals surface area contributed by atoms with E-state index in [2.05, 4.69) is 25.9 Å². The molecule has 1 aliphatic heterocycles. The summed E-state index contributed by atoms with van der Waals surface area (Å²) in [4.78, 5) is 26.9. The second kappa shape index (κ2) is 8.90. The fourth-order valence-electron chi connectivity index (χ4n) is 4.28. The first-order valence-corrected chi connectivity index (χ1v) is 11.2. The molecule has 1 aliphatic rings. The lowest BCUT2D eigenvalue weighted by Crippen LogP contribution is -2.24. The number of aromatic amines is 1. The van der Waals surface area contributed by atoms with E-state index >= 15 is 0 Å². The van der Waals surface area contributed by atoms with Crippen LogP contribution in [0.4, 0.5) is 5.69 Å². The van der Waals surface area contributed by atoms with Gasteiger partial charge in [0.25, 0.3) is 5.56 Å². The van der Waals surface area contributed by atoms with Gasteiger partial charge in [-0.1, -0.05) is 6.07 Å². The largest absolute Gasteiger partial charge is 0.497 e. The Kier molecular flexibility index (Phi) is 5.64. The van der Waals surface area contributed by atoms with Gasteiger partial charge in [0.1, 0.15) is 23.4 Å². The Labute approximate surface area is 196 Å². The predicted molar refractivity (Wildman–Crippen MR) is 128 cm³/mol. The number of anilines is 1. The molecular weight excluding hydrogens is 432 g/mol. The van der Waals surface area contributed by atoms with Gasteiger partial charge in [-0.05, 0) is 31.2 Å². The number of nitrogens with zero attached hydrogens (tertiary/aromatic N) is 5. The highest BCUT2D eigenvalue weighted by molar-refractivity contribution is 5.82. The van der Waals surface area contributed by atoms with E-state index in [9.17, 15) is 10.1 Å². The lowest BCUT2D eigenvalue weighted by atomic mass is 10.2. The number of fused-ring (bicyclic) bond motifs is 1. The number of nitrogens with one attached hydrogen (secondary N) is 1. The van der Waals surface area contributed by atoms with Gasteiger partial charge in [-0.3, -0.25) is 9.36 Å². The van der Waals surface area contributed by atoms with Crippen LogP contribution in [0.1, 0.15) is 19.2 Å². The molecule has 1 unspecified atom stereocenters. The van der Waals surface area contributed by atoms with Gasteiger partial charge >= 0.3 is 0 Å². The molecule has 1 atom stereocenters. The van der Waals surface area contributed by atoms with Crippen molar-refractivity contribution in [1.82, 2.24) is 19.5 Å². The third-order valence-electron chi connectivity index (χ3n) is 6.05. The number of H-pyrrole nitrogens is 1. The number of pyridine rings is 1. The van der Waals surface area contributed by atoms with Crippen LogP contribution in [-0.4, -0.2) is 45.8 Å². The molecular formula is C25H24N6O3. The molecule has 0 spiro atoms. The topological polar surface area (TPSA) is 109 Å². The van der Waals surface area contributed by atoms with Crippen molar-refractivity contribution >= 4 is 16.7 Å². The lowest BCUT2D eigenvalue weighted by Gasteiger charge is -2.19. The quantitative estimate of drug-likeness (QED) is 0.474. The Hall–Kier alpha value is -4.32. The first-order valence-electron chi connectivity index (χ1n) is 11.2. The summed E-state index contributed by atoms with van der Waals surface area (Å²) in [6.45, 7) is 3.86. The number of benzene rings is 1. The molecule has 1 aromatic carbocycles. The SMILES string of the molecule is CCn1c(C#N)nc2cc(-c3ccc(OC4CCN(c5cccc(OC)c5)C4)nc3)[nH]c2c1=O. The summed E-state index contributed by atoms with van der Waals surface area (Å²) in [6.07, 6.45) is 2.65. The third kappa shape index (κ3) is 3.94. The summed E-state index contributed by atoms with van der Waals surface area (Å²) in [6, 6.07) is 15.5. The maximum Gasteiger partial charge on any atom is 0.278 e. The molecule has 4 aromatic rings. The molecule has 4 heterocycles. The predicted octanol–water partition coefficient (Wildman–Crippen LogP) is 3.34. The van der Waals surface area contributed by atoms with Crippen LogP contribution >= 0.6 is 0 Å². The van der Waals surface area contributed by atoms with E-state index in [1.54, 1.807) is 19.4 Å². The highest BCUT2D eigenvalue weighted by Crippen LogP contribution is 2.27. The Morgan fingerprint density at radius 1 is 1.26 bits per heavy atom. The van der Waals surface area contributed by atoms with Gasteiger partial charge in [-0.25, -0.2) is 9.97 Å². The zero-order valence-corrected chi connectivity index (χ0v) is 19.0. The van der Waals surface area contributed by atoms with E-state index in [1.807, 2.05) is 43.3 Å². The monoisotopic (exact) mass is 456 g/mol. The van der Waals surface area contributed by atoms with E-state index in [1.165, 1.54) is 4.57 Å². The minimum atomic E-state index is -0.259. The minimum absolute atomic E-state index is 0.0405. The van der Waals surface area contributed by atoms with Gasteiger partial charge in [-0.15, -0.1) is 0 Å². The normalized spacial score (nSPS) is 15.4. The van der Waals surface area contributed by atoms with Crippen LogP contribution < -0.4 is 19.9 Å². The molecule has 1 saturated heterocycles. The lowest BCUT2D eigenvalue weighted by molar-refractivity contribution is 0.216. The molecule has 5 rings (SSSR count). The number of methoxy groups -OCH3 is 1. The van der Waals surface area contributed by atoms with Crippen molar-refractivity contribution in [2.45, 2.75) is 26.0 Å². The van der Waals surface area contributed by atoms with Crippen molar-refractivity contribution < 1.29 is 9.47 Å². The molecule has 34 heavy (non-hydrogen) atoms. The zero-order valence-electron chi connectivity index (χ0n) is 19.0. The molecule has 0 radical (unpaired) electrons. The molecule has 172 valence electrons. The number of hydrogen-bond donors (Lipinski definition) is 1. The number of nitriles is 1. The molecule has 0 saturated carbocycles. The number of hydrogen-bond acceptors (Lipinski definition) is 7. The van der Waals surface area contributed by atoms with Gasteiger partial charge < -0.3 is 19.4 Å². The summed E-state index contributed by atoms with van der Waals surface area (Å²) in [7, 11) is 1.67. The molecule has 9 nitrogen and oxygen atoms in total. The number of ether oxygens (including phenoxy) is 2. The van der Waals surface area contributed by atoms with E-state index in [4.69, 9.17) is 9.47 Å². The van der Waals surface area contributed by atoms with Crippen molar-refractivity contribution in [2.75, 3.05) is 25.1 Å². The van der Waals surface area contributed by atoms with Crippen LogP contribution in [0.2, 0.25) is 0 Å². The van der Waals surface area contributed by atoms with Crippen LogP contribution in [0.25, 0.3) is 22.3 Å². The Balaban J connectivity index is 1.31. The molecule has 3 aromatic heterocycles. The summed E-state index contributed by atoms with van der Waals surface area (Å²) in [5, 5.41) is 9.29. The first kappa shape index (κ1) is 21.5. The Morgan fingerprint density at radius 3 is 2.88 bits per heavy atom. The van der Waals surface area contributed by atoms with Gasteiger partial charge in [0.2, 0.25) is 11.7 Å². The summed E-state index contributed by atoms with van der Waals surface area (Å²) >= 11 is 0. The molecule has 1 N–H and O–H groups in total. The molecule has 9 heteroatoms. The zero-order chi connectivity index (χ0) is 23.7. The summed E-state index contributed by atoms with van der Waals surface area (Å²) in [5.74, 6) is 1.49. The smallest absolute Gasteiger partial charge is 0.278 e. The fourth-order valence-corrected chi connectivity index (χ4v) is 4.28. The summed E-state index contributed by atoms with van der Waals surface area (Å²) in [5.41, 5.74) is 3.20. The van der Waals surface area contributed by atoms with Crippen LogP contribution in [0, 0.1) is 11.3 Å². The van der Waals surface area contributed by atoms with Crippen molar-refractivity contribution in [3.63, 3.8) is 0 Å². The van der Waals surface area contributed by atoms with E-state index in [0.717, 1.165) is 36.5 Å². The Morgan fingerprint density at radius 2 is 2.15 bits per heavy atom. The maximum atomic E-state index is 12.7. The standard InChI is InChI=1S/C25H24N6O3/c1-3-31-22(13-26)28-21-12-20(29-24(21)25(31)32)16-7-8-23(27-14-16)34-19-9-10-30(15-19)17-5-4-6-18(11-17)33-2/h4-8,11-12,14,19,29H,3,9-10,15H2,1-2H3. The maximum absolute atomic E-state index is 12.7. The van der Waals surface area contributed by atoms with Gasteiger partial charge in [0, 0.05) is 54.8 Å². The first-order chi connectivity index (χ1) is 16.6.